The van der Waals surface area contributed by atoms with Gasteiger partial charge in [-0.3, -0.25) is 19.6 Å². The molecular weight excluding hydrogens is 540 g/mol. The molecule has 2 amide bonds. The van der Waals surface area contributed by atoms with E-state index < -0.39 is 22.0 Å². The minimum Gasteiger partial charge on any atom is -0.366 e. The zero-order valence-electron chi connectivity index (χ0n) is 19.1. The van der Waals surface area contributed by atoms with Gasteiger partial charge >= 0.3 is 0 Å². The minimum atomic E-state index is -1.19. The van der Waals surface area contributed by atoms with E-state index in [0.29, 0.717) is 55.3 Å². The predicted molar refractivity (Wildman–Crippen MR) is 141 cm³/mol. The number of amides is 2. The summed E-state index contributed by atoms with van der Waals surface area (Å²) in [5.74, 6) is -1.48. The summed E-state index contributed by atoms with van der Waals surface area (Å²) in [6.45, 7) is 0.0853. The number of nitrogens with zero attached hydrogens (tertiary/aromatic N) is 2. The standard InChI is InChI=1S/C26H19Cl3FN5O2/c27-20-11-33-22-8-21(30)16(7-18(20)22)10-34-25(37)14-1-2-32-17(6-14)4-13-3-15-9-26(28,29)12-35-23(15)19(5-13)24(31)36/h1-3,5-9,11,33H,4,10,12H2,(H2,31,36)(H,34,37). The van der Waals surface area contributed by atoms with Gasteiger partial charge in [0, 0.05) is 53.1 Å². The molecule has 3 heterocycles. The van der Waals surface area contributed by atoms with Crippen molar-refractivity contribution in [2.75, 3.05) is 6.54 Å². The second-order valence-electron chi connectivity index (χ2n) is 8.69. The molecule has 0 saturated heterocycles. The first kappa shape index (κ1) is 25.2. The molecule has 2 aromatic carbocycles. The Morgan fingerprint density at radius 2 is 2.00 bits per heavy atom. The molecule has 188 valence electrons. The van der Waals surface area contributed by atoms with Crippen molar-refractivity contribution < 1.29 is 14.0 Å². The van der Waals surface area contributed by atoms with E-state index >= 15 is 0 Å². The third kappa shape index (κ3) is 5.32. The molecule has 1 aliphatic heterocycles. The number of nitrogens with two attached hydrogens (primary N) is 1. The number of carbonyl (C=O) groups is 2. The topological polar surface area (TPSA) is 113 Å². The van der Waals surface area contributed by atoms with Crippen molar-refractivity contribution in [3.05, 3.63) is 98.2 Å². The van der Waals surface area contributed by atoms with Crippen LogP contribution in [0.4, 0.5) is 4.39 Å². The largest absolute Gasteiger partial charge is 0.366 e. The summed E-state index contributed by atoms with van der Waals surface area (Å²) < 4.78 is 13.3. The lowest BCUT2D eigenvalue weighted by atomic mass is 10.0. The van der Waals surface area contributed by atoms with Crippen LogP contribution in [-0.2, 0) is 13.0 Å². The number of aromatic nitrogens is 2. The minimum absolute atomic E-state index is 0.0233. The average molecular weight is 559 g/mol. The van der Waals surface area contributed by atoms with Gasteiger partial charge in [-0.15, -0.1) is 0 Å². The number of hydrogen-bond acceptors (Lipinski definition) is 4. The lowest BCUT2D eigenvalue weighted by molar-refractivity contribution is 0.0949. The summed E-state index contributed by atoms with van der Waals surface area (Å²) in [5, 5.41) is 4.91. The van der Waals surface area contributed by atoms with E-state index in [2.05, 4.69) is 20.3 Å². The predicted octanol–water partition coefficient (Wildman–Crippen LogP) is 3.56. The molecular formula is C26H19Cl3FN5O2. The Balaban J connectivity index is 1.37. The SMILES string of the molecule is NC(=O)c1cc(Cc2cc(C(=O)NCc3cc4c(Cl)c[nH]c4cc3F)ccn2)cc2c1=NCC(Cl)(Cl)C=2. The summed E-state index contributed by atoms with van der Waals surface area (Å²) in [4.78, 5) is 36.4. The number of fused-ring (bicyclic) bond motifs is 2. The number of halogens is 4. The molecule has 2 aromatic heterocycles. The van der Waals surface area contributed by atoms with Gasteiger partial charge in [0.2, 0.25) is 0 Å². The maximum absolute atomic E-state index is 14.5. The van der Waals surface area contributed by atoms with Crippen molar-refractivity contribution >= 4 is 63.6 Å². The van der Waals surface area contributed by atoms with Crippen LogP contribution in [-0.4, -0.2) is 32.7 Å². The van der Waals surface area contributed by atoms with Crippen LogP contribution in [0.3, 0.4) is 0 Å². The molecule has 0 fully saturated rings. The van der Waals surface area contributed by atoms with E-state index in [1.807, 2.05) is 6.07 Å². The van der Waals surface area contributed by atoms with Crippen molar-refractivity contribution in [3.63, 3.8) is 0 Å². The Labute approximate surface area is 225 Å². The average Bonchev–Trinajstić information content (AvgIpc) is 3.20. The number of benzene rings is 2. The molecule has 0 bridgehead atoms. The zero-order chi connectivity index (χ0) is 26.3. The van der Waals surface area contributed by atoms with Crippen LogP contribution in [0.25, 0.3) is 17.0 Å². The molecule has 0 atom stereocenters. The molecule has 0 spiro atoms. The van der Waals surface area contributed by atoms with E-state index in [1.165, 1.54) is 12.3 Å². The van der Waals surface area contributed by atoms with Gasteiger partial charge in [0.15, 0.2) is 4.33 Å². The molecule has 0 saturated carbocycles. The quantitative estimate of drug-likeness (QED) is 0.315. The summed E-state index contributed by atoms with van der Waals surface area (Å²) in [6.07, 6.45) is 5.02. The Morgan fingerprint density at radius 3 is 2.78 bits per heavy atom. The first-order chi connectivity index (χ1) is 17.6. The Bertz CT molecular complexity index is 1700. The molecule has 11 heteroatoms. The van der Waals surface area contributed by atoms with Crippen molar-refractivity contribution in [1.82, 2.24) is 15.3 Å². The maximum Gasteiger partial charge on any atom is 0.251 e. The summed E-state index contributed by atoms with van der Waals surface area (Å²) in [6, 6.07) is 9.59. The monoisotopic (exact) mass is 557 g/mol. The van der Waals surface area contributed by atoms with Gasteiger partial charge in [0.05, 0.1) is 22.5 Å². The van der Waals surface area contributed by atoms with Crippen LogP contribution in [0.5, 0.6) is 0 Å². The second-order valence-corrected chi connectivity index (χ2v) is 10.6. The molecule has 4 aromatic rings. The highest BCUT2D eigenvalue weighted by atomic mass is 35.5. The number of rotatable bonds is 6. The number of aromatic amines is 1. The number of hydrogen-bond donors (Lipinski definition) is 3. The van der Waals surface area contributed by atoms with Gasteiger partial charge in [-0.2, -0.15) is 0 Å². The number of primary amides is 1. The van der Waals surface area contributed by atoms with Gasteiger partial charge in [0.25, 0.3) is 11.8 Å². The third-order valence-electron chi connectivity index (χ3n) is 5.98. The van der Waals surface area contributed by atoms with E-state index in [1.54, 1.807) is 36.5 Å². The molecule has 0 aliphatic carbocycles. The van der Waals surface area contributed by atoms with Crippen molar-refractivity contribution in [1.29, 1.82) is 0 Å². The van der Waals surface area contributed by atoms with Crippen LogP contribution in [0.2, 0.25) is 5.02 Å². The Kier molecular flexibility index (Phi) is 6.66. The number of alkyl halides is 2. The van der Waals surface area contributed by atoms with Crippen LogP contribution in [0.1, 0.15) is 37.5 Å². The lowest BCUT2D eigenvalue weighted by Gasteiger charge is -2.17. The third-order valence-corrected chi connectivity index (χ3v) is 6.75. The lowest BCUT2D eigenvalue weighted by Crippen LogP contribution is -2.40. The summed E-state index contributed by atoms with van der Waals surface area (Å²) >= 11 is 18.6. The first-order valence-electron chi connectivity index (χ1n) is 11.2. The summed E-state index contributed by atoms with van der Waals surface area (Å²) in [5.41, 5.74) is 8.35. The fourth-order valence-corrected chi connectivity index (χ4v) is 4.81. The smallest absolute Gasteiger partial charge is 0.251 e. The van der Waals surface area contributed by atoms with Gasteiger partial charge in [-0.05, 0) is 53.3 Å². The fraction of sp³-hybridized carbons (Fsp3) is 0.154. The molecule has 4 N–H and O–H groups in total. The maximum atomic E-state index is 14.5. The van der Waals surface area contributed by atoms with E-state index in [0.717, 1.165) is 0 Å². The van der Waals surface area contributed by atoms with E-state index in [4.69, 9.17) is 40.5 Å². The Hall–Kier alpha value is -3.46. The number of carbonyl (C=O) groups excluding carboxylic acids is 2. The number of H-pyrrole nitrogens is 1. The molecule has 37 heavy (non-hydrogen) atoms. The normalized spacial score (nSPS) is 13.9. The molecule has 0 unspecified atom stereocenters. The van der Waals surface area contributed by atoms with Crippen LogP contribution >= 0.6 is 34.8 Å². The summed E-state index contributed by atoms with van der Waals surface area (Å²) in [7, 11) is 0. The van der Waals surface area contributed by atoms with Crippen LogP contribution in [0.15, 0.2) is 53.8 Å². The van der Waals surface area contributed by atoms with Crippen molar-refractivity contribution in [2.45, 2.75) is 17.3 Å². The van der Waals surface area contributed by atoms with E-state index in [-0.39, 0.29) is 18.7 Å². The molecule has 7 nitrogen and oxygen atoms in total. The first-order valence-corrected chi connectivity index (χ1v) is 12.3. The second kappa shape index (κ2) is 9.78. The van der Waals surface area contributed by atoms with Gasteiger partial charge in [-0.25, -0.2) is 4.39 Å². The highest BCUT2D eigenvalue weighted by molar-refractivity contribution is 6.52. The van der Waals surface area contributed by atoms with Crippen LogP contribution in [0, 0.1) is 5.82 Å². The number of nitrogens with one attached hydrogen (secondary N) is 2. The van der Waals surface area contributed by atoms with Crippen LogP contribution < -0.4 is 21.6 Å². The van der Waals surface area contributed by atoms with Crippen molar-refractivity contribution in [3.8, 4) is 0 Å². The van der Waals surface area contributed by atoms with Crippen molar-refractivity contribution in [2.24, 2.45) is 10.7 Å². The van der Waals surface area contributed by atoms with Gasteiger partial charge in [0.1, 0.15) is 5.82 Å². The fourth-order valence-electron chi connectivity index (χ4n) is 4.25. The number of pyridine rings is 1. The highest BCUT2D eigenvalue weighted by Crippen LogP contribution is 2.26. The zero-order valence-corrected chi connectivity index (χ0v) is 21.4. The van der Waals surface area contributed by atoms with Gasteiger partial charge < -0.3 is 16.0 Å². The molecule has 5 rings (SSSR count). The van der Waals surface area contributed by atoms with E-state index in [9.17, 15) is 14.0 Å². The molecule has 0 radical (unpaired) electrons. The Morgan fingerprint density at radius 1 is 1.19 bits per heavy atom. The van der Waals surface area contributed by atoms with Gasteiger partial charge in [-0.1, -0.05) is 34.8 Å². The molecule has 1 aliphatic rings. The highest BCUT2D eigenvalue weighted by Gasteiger charge is 2.24.